The van der Waals surface area contributed by atoms with Crippen LogP contribution in [0.25, 0.3) is 0 Å². The molecule has 1 aliphatic heterocycles. The fraction of sp³-hybridized carbons (Fsp3) is 0.588. The lowest BCUT2D eigenvalue weighted by atomic mass is 9.84. The molecule has 0 spiro atoms. The largest absolute Gasteiger partial charge is 0.396 e. The van der Waals surface area contributed by atoms with E-state index in [1.807, 2.05) is 6.92 Å². The lowest BCUT2D eigenvalue weighted by molar-refractivity contribution is 0.127. The van der Waals surface area contributed by atoms with Crippen LogP contribution in [-0.4, -0.2) is 44.0 Å². The molecule has 1 aromatic carbocycles. The Morgan fingerprint density at radius 2 is 1.92 bits per heavy atom. The monoisotopic (exact) mass is 377 g/mol. The molecule has 0 saturated carbocycles. The molecule has 1 saturated heterocycles. The minimum atomic E-state index is -1.46. The van der Waals surface area contributed by atoms with E-state index < -0.39 is 35.4 Å². The van der Waals surface area contributed by atoms with E-state index in [0.29, 0.717) is 32.7 Å². The third kappa shape index (κ3) is 4.85. The van der Waals surface area contributed by atoms with Gasteiger partial charge in [0.2, 0.25) is 0 Å². The molecular weight excluding hydrogens is 354 g/mol. The van der Waals surface area contributed by atoms with Crippen molar-refractivity contribution in [3.63, 3.8) is 0 Å². The van der Waals surface area contributed by atoms with E-state index in [2.05, 4.69) is 15.6 Å². The average molecular weight is 377 g/mol. The van der Waals surface area contributed by atoms with Gasteiger partial charge in [-0.05, 0) is 19.8 Å². The Labute approximate surface area is 149 Å². The van der Waals surface area contributed by atoms with Crippen LogP contribution in [0.15, 0.2) is 11.1 Å². The lowest BCUT2D eigenvalue weighted by Gasteiger charge is -2.27. The molecule has 146 valence electrons. The van der Waals surface area contributed by atoms with E-state index in [-0.39, 0.29) is 24.0 Å². The number of aliphatic hydroxyl groups excluding tert-OH is 1. The van der Waals surface area contributed by atoms with E-state index in [1.54, 1.807) is 0 Å². The zero-order valence-corrected chi connectivity index (χ0v) is 14.5. The van der Waals surface area contributed by atoms with Gasteiger partial charge in [0.05, 0.1) is 18.7 Å². The first-order valence-corrected chi connectivity index (χ1v) is 8.45. The third-order valence-corrected chi connectivity index (χ3v) is 4.40. The number of hydrogen-bond acceptors (Lipinski definition) is 3. The summed E-state index contributed by atoms with van der Waals surface area (Å²) in [5, 5.41) is 15.2. The van der Waals surface area contributed by atoms with Crippen molar-refractivity contribution < 1.29 is 27.4 Å². The van der Waals surface area contributed by atoms with Gasteiger partial charge in [0.25, 0.3) is 0 Å². The molecule has 0 amide bonds. The van der Waals surface area contributed by atoms with Gasteiger partial charge in [-0.15, -0.1) is 0 Å². The number of aliphatic hydroxyl groups is 1. The Balaban J connectivity index is 2.12. The molecule has 1 aromatic rings. The van der Waals surface area contributed by atoms with E-state index in [1.165, 1.54) is 0 Å². The van der Waals surface area contributed by atoms with Gasteiger partial charge in [0.1, 0.15) is 0 Å². The zero-order chi connectivity index (χ0) is 19.2. The molecule has 1 fully saturated rings. The van der Waals surface area contributed by atoms with Gasteiger partial charge in [-0.3, -0.25) is 0 Å². The van der Waals surface area contributed by atoms with Crippen molar-refractivity contribution in [3.05, 3.63) is 34.9 Å². The molecule has 26 heavy (non-hydrogen) atoms. The highest BCUT2D eigenvalue weighted by Crippen LogP contribution is 2.31. The topological polar surface area (TPSA) is 65.9 Å². The van der Waals surface area contributed by atoms with Crippen molar-refractivity contribution in [1.82, 2.24) is 10.6 Å². The summed E-state index contributed by atoms with van der Waals surface area (Å²) in [5.74, 6) is -5.58. The zero-order valence-electron chi connectivity index (χ0n) is 14.5. The van der Waals surface area contributed by atoms with Crippen molar-refractivity contribution in [3.8, 4) is 0 Å². The van der Waals surface area contributed by atoms with Crippen molar-refractivity contribution >= 4 is 5.96 Å². The molecule has 2 rings (SSSR count). The van der Waals surface area contributed by atoms with Crippen LogP contribution in [0.4, 0.5) is 17.6 Å². The van der Waals surface area contributed by atoms with Crippen molar-refractivity contribution in [2.24, 2.45) is 10.4 Å². The summed E-state index contributed by atoms with van der Waals surface area (Å²) in [6.07, 6.45) is 1.30. The molecule has 9 heteroatoms. The van der Waals surface area contributed by atoms with Crippen LogP contribution >= 0.6 is 0 Å². The first-order chi connectivity index (χ1) is 12.4. The minimum absolute atomic E-state index is 0.0116. The van der Waals surface area contributed by atoms with Crippen molar-refractivity contribution in [1.29, 1.82) is 0 Å². The summed E-state index contributed by atoms with van der Waals surface area (Å²) in [6.45, 7) is 3.25. The molecule has 0 aliphatic carbocycles. The van der Waals surface area contributed by atoms with Gasteiger partial charge < -0.3 is 20.5 Å². The van der Waals surface area contributed by atoms with Crippen molar-refractivity contribution in [2.75, 3.05) is 32.9 Å². The highest BCUT2D eigenvalue weighted by Gasteiger charge is 2.34. The summed E-state index contributed by atoms with van der Waals surface area (Å²) < 4.78 is 59.4. The van der Waals surface area contributed by atoms with E-state index in [9.17, 15) is 22.7 Å². The Morgan fingerprint density at radius 1 is 1.23 bits per heavy atom. The number of nitrogens with zero attached hydrogens (tertiary/aromatic N) is 1. The van der Waals surface area contributed by atoms with Crippen LogP contribution in [0.1, 0.15) is 25.3 Å². The number of nitrogens with one attached hydrogen (secondary N) is 2. The lowest BCUT2D eigenvalue weighted by Crippen LogP contribution is -2.44. The number of aliphatic imine (C=N–C) groups is 1. The fourth-order valence-electron chi connectivity index (χ4n) is 2.84. The van der Waals surface area contributed by atoms with Crippen LogP contribution in [0.3, 0.4) is 0 Å². The summed E-state index contributed by atoms with van der Waals surface area (Å²) in [5.41, 5.74) is -1.03. The first kappa shape index (κ1) is 20.4. The molecule has 0 radical (unpaired) electrons. The highest BCUT2D eigenvalue weighted by atomic mass is 19.2. The average Bonchev–Trinajstić information content (AvgIpc) is 3.07. The molecule has 0 bridgehead atoms. The predicted molar refractivity (Wildman–Crippen MR) is 88.7 cm³/mol. The molecule has 3 N–H and O–H groups in total. The molecule has 1 unspecified atom stereocenters. The number of benzene rings is 1. The van der Waals surface area contributed by atoms with Gasteiger partial charge in [-0.1, -0.05) is 0 Å². The van der Waals surface area contributed by atoms with E-state index in [4.69, 9.17) is 4.74 Å². The molecule has 1 atom stereocenters. The second-order valence-corrected chi connectivity index (χ2v) is 6.27. The third-order valence-electron chi connectivity index (χ3n) is 4.40. The normalized spacial score (nSPS) is 20.5. The number of hydrogen-bond donors (Lipinski definition) is 3. The molecule has 5 nitrogen and oxygen atoms in total. The van der Waals surface area contributed by atoms with Gasteiger partial charge in [-0.25, -0.2) is 22.6 Å². The predicted octanol–water partition coefficient (Wildman–Crippen LogP) is 2.09. The number of ether oxygens (including phenoxy) is 1. The summed E-state index contributed by atoms with van der Waals surface area (Å²) in [4.78, 5) is 4.02. The first-order valence-electron chi connectivity index (χ1n) is 8.45. The van der Waals surface area contributed by atoms with Gasteiger partial charge in [0.15, 0.2) is 29.2 Å². The van der Waals surface area contributed by atoms with Crippen LogP contribution in [0, 0.1) is 28.7 Å². The summed E-state index contributed by atoms with van der Waals surface area (Å²) >= 11 is 0. The Morgan fingerprint density at radius 3 is 2.46 bits per heavy atom. The van der Waals surface area contributed by atoms with Gasteiger partial charge >= 0.3 is 0 Å². The Bertz CT molecular complexity index is 623. The van der Waals surface area contributed by atoms with Crippen molar-refractivity contribution in [2.45, 2.75) is 26.3 Å². The van der Waals surface area contributed by atoms with E-state index in [0.717, 1.165) is 6.42 Å². The molecule has 0 aromatic heterocycles. The maximum absolute atomic E-state index is 13.7. The SMILES string of the molecule is CCNC(=NCc1c(F)c(F)cc(F)c1F)NCC1(CCO)CCOC1. The maximum atomic E-state index is 13.7. The molecule has 1 heterocycles. The van der Waals surface area contributed by atoms with E-state index >= 15 is 0 Å². The Kier molecular flexibility index (Phi) is 7.22. The second kappa shape index (κ2) is 9.18. The Hall–Kier alpha value is -1.87. The smallest absolute Gasteiger partial charge is 0.191 e. The molecule has 1 aliphatic rings. The quantitative estimate of drug-likeness (QED) is 0.295. The standard InChI is InChI=1S/C17H23F4N3O2/c1-2-22-16(24-9-17(3-5-25)4-6-26-10-17)23-8-11-14(20)12(18)7-13(19)15(11)21/h7,25H,2-6,8-10H2,1H3,(H2,22,23,24). The number of guanidine groups is 1. The van der Waals surface area contributed by atoms with Gasteiger partial charge in [0, 0.05) is 37.8 Å². The molecular formula is C17H23F4N3O2. The van der Waals surface area contributed by atoms with Crippen LogP contribution in [0.5, 0.6) is 0 Å². The highest BCUT2D eigenvalue weighted by molar-refractivity contribution is 5.79. The fourth-order valence-corrected chi connectivity index (χ4v) is 2.84. The van der Waals surface area contributed by atoms with Crippen LogP contribution in [-0.2, 0) is 11.3 Å². The summed E-state index contributed by atoms with van der Waals surface area (Å²) in [7, 11) is 0. The van der Waals surface area contributed by atoms with Crippen LogP contribution < -0.4 is 10.6 Å². The number of halogens is 4. The maximum Gasteiger partial charge on any atom is 0.191 e. The minimum Gasteiger partial charge on any atom is -0.396 e. The summed E-state index contributed by atoms with van der Waals surface area (Å²) in [6, 6.07) is 0.167. The van der Waals surface area contributed by atoms with Gasteiger partial charge in [-0.2, -0.15) is 0 Å². The van der Waals surface area contributed by atoms with Crippen LogP contribution in [0.2, 0.25) is 0 Å². The second-order valence-electron chi connectivity index (χ2n) is 6.27. The number of rotatable bonds is 7.